The Morgan fingerprint density at radius 2 is 1.78 bits per heavy atom. The molecule has 0 bridgehead atoms. The van der Waals surface area contributed by atoms with Gasteiger partial charge in [0.25, 0.3) is 10.0 Å². The summed E-state index contributed by atoms with van der Waals surface area (Å²) in [6.07, 6.45) is 1.91. The molecule has 27 heavy (non-hydrogen) atoms. The number of halogens is 1. The van der Waals surface area contributed by atoms with Gasteiger partial charge in [-0.15, -0.1) is 11.3 Å². The number of thiazole rings is 1. The molecule has 0 saturated carbocycles. The zero-order chi connectivity index (χ0) is 19.4. The van der Waals surface area contributed by atoms with Gasteiger partial charge in [0.1, 0.15) is 5.82 Å². The summed E-state index contributed by atoms with van der Waals surface area (Å²) in [6.45, 7) is 0.138. The van der Waals surface area contributed by atoms with E-state index in [9.17, 15) is 17.6 Å². The standard InChI is InChI=1S/C18H16FN3O3S2/c19-15-5-1-13(2-6-15)9-11-22(18-21-10-12-26-18)27(24,25)16-7-3-14(4-8-16)17(20)23/h1-8,10,12H,9,11H2,(H2,20,23). The van der Waals surface area contributed by atoms with Crippen molar-refractivity contribution >= 4 is 32.4 Å². The van der Waals surface area contributed by atoms with Gasteiger partial charge in [0.2, 0.25) is 5.91 Å². The predicted octanol–water partition coefficient (Wildman–Crippen LogP) is 2.82. The van der Waals surface area contributed by atoms with Crippen LogP contribution < -0.4 is 10.0 Å². The van der Waals surface area contributed by atoms with Crippen LogP contribution in [0.2, 0.25) is 0 Å². The van der Waals surface area contributed by atoms with Crippen molar-refractivity contribution in [1.82, 2.24) is 4.98 Å². The van der Waals surface area contributed by atoms with Crippen LogP contribution in [-0.4, -0.2) is 25.9 Å². The molecule has 0 saturated heterocycles. The van der Waals surface area contributed by atoms with Gasteiger partial charge < -0.3 is 5.73 Å². The van der Waals surface area contributed by atoms with E-state index in [-0.39, 0.29) is 22.8 Å². The van der Waals surface area contributed by atoms with Gasteiger partial charge in [0.05, 0.1) is 4.90 Å². The second-order valence-electron chi connectivity index (χ2n) is 5.66. The van der Waals surface area contributed by atoms with Gasteiger partial charge in [-0.05, 0) is 48.4 Å². The minimum atomic E-state index is -3.89. The first-order valence-electron chi connectivity index (χ1n) is 7.94. The molecule has 0 aliphatic rings. The van der Waals surface area contributed by atoms with Crippen molar-refractivity contribution in [2.75, 3.05) is 10.8 Å². The van der Waals surface area contributed by atoms with Crippen LogP contribution in [0.25, 0.3) is 0 Å². The van der Waals surface area contributed by atoms with Crippen molar-refractivity contribution in [3.63, 3.8) is 0 Å². The van der Waals surface area contributed by atoms with Gasteiger partial charge in [0.15, 0.2) is 5.13 Å². The fourth-order valence-corrected chi connectivity index (χ4v) is 4.77. The van der Waals surface area contributed by atoms with Gasteiger partial charge in [-0.2, -0.15) is 0 Å². The zero-order valence-electron chi connectivity index (χ0n) is 14.1. The van der Waals surface area contributed by atoms with Crippen molar-refractivity contribution in [2.24, 2.45) is 5.73 Å². The van der Waals surface area contributed by atoms with E-state index in [1.54, 1.807) is 17.5 Å². The number of amides is 1. The number of anilines is 1. The largest absolute Gasteiger partial charge is 0.366 e. The molecule has 140 valence electrons. The van der Waals surface area contributed by atoms with Crippen LogP contribution in [0.4, 0.5) is 9.52 Å². The van der Waals surface area contributed by atoms with Crippen LogP contribution in [0.15, 0.2) is 65.0 Å². The quantitative estimate of drug-likeness (QED) is 0.654. The van der Waals surface area contributed by atoms with Crippen molar-refractivity contribution in [1.29, 1.82) is 0 Å². The first-order valence-corrected chi connectivity index (χ1v) is 10.3. The number of primary amides is 1. The van der Waals surface area contributed by atoms with Crippen LogP contribution in [-0.2, 0) is 16.4 Å². The minimum Gasteiger partial charge on any atom is -0.366 e. The number of hydrogen-bond acceptors (Lipinski definition) is 5. The van der Waals surface area contributed by atoms with E-state index in [1.807, 2.05) is 0 Å². The molecule has 1 aromatic heterocycles. The Morgan fingerprint density at radius 1 is 1.11 bits per heavy atom. The van der Waals surface area contributed by atoms with Gasteiger partial charge in [-0.3, -0.25) is 4.79 Å². The number of rotatable bonds is 7. The minimum absolute atomic E-state index is 0.0295. The third kappa shape index (κ3) is 4.32. The Balaban J connectivity index is 1.89. The maximum atomic E-state index is 13.1. The number of carbonyl (C=O) groups is 1. The molecule has 1 heterocycles. The molecule has 0 aliphatic heterocycles. The maximum absolute atomic E-state index is 13.1. The summed E-state index contributed by atoms with van der Waals surface area (Å²) < 4.78 is 40.5. The van der Waals surface area contributed by atoms with E-state index in [1.165, 1.54) is 58.2 Å². The monoisotopic (exact) mass is 405 g/mol. The number of aromatic nitrogens is 1. The SMILES string of the molecule is NC(=O)c1ccc(S(=O)(=O)N(CCc2ccc(F)cc2)c2nccs2)cc1. The average Bonchev–Trinajstić information content (AvgIpc) is 3.17. The smallest absolute Gasteiger partial charge is 0.266 e. The Hall–Kier alpha value is -2.78. The first-order chi connectivity index (χ1) is 12.9. The highest BCUT2D eigenvalue weighted by molar-refractivity contribution is 7.93. The number of benzene rings is 2. The van der Waals surface area contributed by atoms with Crippen molar-refractivity contribution < 1.29 is 17.6 Å². The second kappa shape index (κ2) is 7.85. The van der Waals surface area contributed by atoms with E-state index in [0.717, 1.165) is 5.56 Å². The molecule has 0 fully saturated rings. The summed E-state index contributed by atoms with van der Waals surface area (Å²) in [6, 6.07) is 11.3. The van der Waals surface area contributed by atoms with Crippen LogP contribution in [0.3, 0.4) is 0 Å². The highest BCUT2D eigenvalue weighted by Crippen LogP contribution is 2.26. The molecular weight excluding hydrogens is 389 g/mol. The molecule has 1 amide bonds. The van der Waals surface area contributed by atoms with Crippen molar-refractivity contribution in [2.45, 2.75) is 11.3 Å². The van der Waals surface area contributed by atoms with E-state index in [2.05, 4.69) is 4.98 Å². The van der Waals surface area contributed by atoms with E-state index >= 15 is 0 Å². The predicted molar refractivity (Wildman–Crippen MR) is 102 cm³/mol. The molecule has 0 atom stereocenters. The number of hydrogen-bond donors (Lipinski definition) is 1. The summed E-state index contributed by atoms with van der Waals surface area (Å²) in [4.78, 5) is 15.3. The third-order valence-electron chi connectivity index (χ3n) is 3.88. The second-order valence-corrected chi connectivity index (χ2v) is 8.39. The zero-order valence-corrected chi connectivity index (χ0v) is 15.7. The van der Waals surface area contributed by atoms with Gasteiger partial charge in [0, 0.05) is 23.7 Å². The number of sulfonamides is 1. The molecule has 3 rings (SSSR count). The number of nitrogens with zero attached hydrogens (tertiary/aromatic N) is 2. The summed E-state index contributed by atoms with van der Waals surface area (Å²) in [5.74, 6) is -0.982. The lowest BCUT2D eigenvalue weighted by Crippen LogP contribution is -2.33. The third-order valence-corrected chi connectivity index (χ3v) is 6.59. The molecule has 2 aromatic carbocycles. The Labute approximate surface area is 160 Å². The maximum Gasteiger partial charge on any atom is 0.266 e. The summed E-state index contributed by atoms with van der Waals surface area (Å²) in [5, 5.41) is 2.02. The number of carbonyl (C=O) groups excluding carboxylic acids is 1. The lowest BCUT2D eigenvalue weighted by molar-refractivity contribution is 0.1000. The first kappa shape index (κ1) is 19.0. The van der Waals surface area contributed by atoms with Gasteiger partial charge >= 0.3 is 0 Å². The molecule has 0 unspecified atom stereocenters. The topological polar surface area (TPSA) is 93.4 Å². The van der Waals surface area contributed by atoms with Gasteiger partial charge in [-0.25, -0.2) is 22.1 Å². The molecule has 2 N–H and O–H groups in total. The summed E-state index contributed by atoms with van der Waals surface area (Å²) >= 11 is 1.20. The average molecular weight is 405 g/mol. The van der Waals surface area contributed by atoms with E-state index < -0.39 is 15.9 Å². The molecule has 0 radical (unpaired) electrons. The fraction of sp³-hybridized carbons (Fsp3) is 0.111. The molecule has 0 aliphatic carbocycles. The van der Waals surface area contributed by atoms with Gasteiger partial charge in [-0.1, -0.05) is 12.1 Å². The van der Waals surface area contributed by atoms with Crippen molar-refractivity contribution in [3.05, 3.63) is 77.1 Å². The van der Waals surface area contributed by atoms with Crippen LogP contribution in [0, 0.1) is 5.82 Å². The lowest BCUT2D eigenvalue weighted by Gasteiger charge is -2.22. The Kier molecular flexibility index (Phi) is 5.52. The Bertz CT molecular complexity index is 1020. The lowest BCUT2D eigenvalue weighted by atomic mass is 10.1. The van der Waals surface area contributed by atoms with Crippen LogP contribution >= 0.6 is 11.3 Å². The Morgan fingerprint density at radius 3 is 2.33 bits per heavy atom. The van der Waals surface area contributed by atoms with Crippen LogP contribution in [0.1, 0.15) is 15.9 Å². The van der Waals surface area contributed by atoms with E-state index in [0.29, 0.717) is 11.6 Å². The fourth-order valence-electron chi connectivity index (χ4n) is 2.46. The number of nitrogens with two attached hydrogens (primary N) is 1. The molecular formula is C18H16FN3O3S2. The summed E-state index contributed by atoms with van der Waals surface area (Å²) in [7, 11) is -3.89. The molecule has 0 spiro atoms. The molecule has 6 nitrogen and oxygen atoms in total. The highest BCUT2D eigenvalue weighted by Gasteiger charge is 2.26. The van der Waals surface area contributed by atoms with Crippen LogP contribution in [0.5, 0.6) is 0 Å². The highest BCUT2D eigenvalue weighted by atomic mass is 32.2. The molecule has 3 aromatic rings. The van der Waals surface area contributed by atoms with E-state index in [4.69, 9.17) is 5.73 Å². The normalized spacial score (nSPS) is 11.3. The van der Waals surface area contributed by atoms with Crippen molar-refractivity contribution in [3.8, 4) is 0 Å². The summed E-state index contributed by atoms with van der Waals surface area (Å²) in [5.41, 5.74) is 6.22. The molecule has 9 heteroatoms.